The van der Waals surface area contributed by atoms with E-state index < -0.39 is 0 Å². The number of anilines is 1. The average molecular weight is 269 g/mol. The van der Waals surface area contributed by atoms with Crippen LogP contribution in [0.15, 0.2) is 42.5 Å². The number of ether oxygens (including phenoxy) is 1. The first kappa shape index (κ1) is 14.1. The molecule has 0 radical (unpaired) electrons. The van der Waals surface area contributed by atoms with Crippen molar-refractivity contribution in [1.29, 1.82) is 0 Å². The standard InChI is InChI=1S/C17H19NO2/c1-11(2)14-5-4-12(3)16(10-14)20-17(19)13-6-8-15(18)9-7-13/h4-11H,18H2,1-3H3. The van der Waals surface area contributed by atoms with E-state index in [9.17, 15) is 4.79 Å². The molecule has 0 unspecified atom stereocenters. The molecule has 0 saturated heterocycles. The number of benzene rings is 2. The van der Waals surface area contributed by atoms with Crippen LogP contribution in [0.5, 0.6) is 5.75 Å². The van der Waals surface area contributed by atoms with Crippen LogP contribution in [0.25, 0.3) is 0 Å². The number of carbonyl (C=O) groups excluding carboxylic acids is 1. The quantitative estimate of drug-likeness (QED) is 0.522. The van der Waals surface area contributed by atoms with E-state index in [1.807, 2.05) is 19.1 Å². The van der Waals surface area contributed by atoms with Crippen LogP contribution in [0.3, 0.4) is 0 Å². The molecular weight excluding hydrogens is 250 g/mol. The zero-order valence-corrected chi connectivity index (χ0v) is 12.0. The number of rotatable bonds is 3. The molecule has 3 heteroatoms. The van der Waals surface area contributed by atoms with Crippen LogP contribution in [0.2, 0.25) is 0 Å². The molecule has 3 nitrogen and oxygen atoms in total. The van der Waals surface area contributed by atoms with Gasteiger partial charge in [-0.3, -0.25) is 0 Å². The summed E-state index contributed by atoms with van der Waals surface area (Å²) in [6.07, 6.45) is 0. The van der Waals surface area contributed by atoms with Crippen molar-refractivity contribution >= 4 is 11.7 Å². The summed E-state index contributed by atoms with van der Waals surface area (Å²) in [5.74, 6) is 0.636. The Labute approximate surface area is 119 Å². The Morgan fingerprint density at radius 3 is 2.35 bits per heavy atom. The third kappa shape index (κ3) is 3.18. The molecule has 0 heterocycles. The molecule has 2 aromatic carbocycles. The Kier molecular flexibility index (Phi) is 4.08. The summed E-state index contributed by atoms with van der Waals surface area (Å²) in [4.78, 5) is 12.1. The molecule has 0 amide bonds. The highest BCUT2D eigenvalue weighted by Gasteiger charge is 2.11. The minimum atomic E-state index is -0.367. The summed E-state index contributed by atoms with van der Waals surface area (Å²) >= 11 is 0. The first-order valence-corrected chi connectivity index (χ1v) is 6.65. The van der Waals surface area contributed by atoms with Crippen LogP contribution >= 0.6 is 0 Å². The van der Waals surface area contributed by atoms with Crippen molar-refractivity contribution < 1.29 is 9.53 Å². The van der Waals surface area contributed by atoms with Gasteiger partial charge in [0.25, 0.3) is 0 Å². The van der Waals surface area contributed by atoms with Gasteiger partial charge in [0, 0.05) is 5.69 Å². The lowest BCUT2D eigenvalue weighted by Gasteiger charge is -2.11. The van der Waals surface area contributed by atoms with Gasteiger partial charge >= 0.3 is 5.97 Å². The Balaban J connectivity index is 2.23. The second-order valence-corrected chi connectivity index (χ2v) is 5.19. The smallest absolute Gasteiger partial charge is 0.343 e. The van der Waals surface area contributed by atoms with E-state index in [2.05, 4.69) is 19.9 Å². The zero-order valence-electron chi connectivity index (χ0n) is 12.0. The van der Waals surface area contributed by atoms with Crippen molar-refractivity contribution in [1.82, 2.24) is 0 Å². The summed E-state index contributed by atoms with van der Waals surface area (Å²) in [5, 5.41) is 0. The van der Waals surface area contributed by atoms with E-state index in [1.54, 1.807) is 24.3 Å². The van der Waals surface area contributed by atoms with E-state index in [4.69, 9.17) is 10.5 Å². The summed E-state index contributed by atoms with van der Waals surface area (Å²) in [6, 6.07) is 12.7. The van der Waals surface area contributed by atoms with E-state index in [-0.39, 0.29) is 5.97 Å². The fraction of sp³-hybridized carbons (Fsp3) is 0.235. The molecule has 2 rings (SSSR count). The van der Waals surface area contributed by atoms with Crippen LogP contribution < -0.4 is 10.5 Å². The normalized spacial score (nSPS) is 10.6. The van der Waals surface area contributed by atoms with E-state index in [0.29, 0.717) is 22.9 Å². The van der Waals surface area contributed by atoms with Crippen LogP contribution in [-0.4, -0.2) is 5.97 Å². The molecule has 2 aromatic rings. The molecule has 0 aliphatic carbocycles. The van der Waals surface area contributed by atoms with Gasteiger partial charge in [0.1, 0.15) is 5.75 Å². The first-order valence-electron chi connectivity index (χ1n) is 6.65. The van der Waals surface area contributed by atoms with Gasteiger partial charge in [-0.05, 0) is 54.3 Å². The van der Waals surface area contributed by atoms with Crippen molar-refractivity contribution in [2.45, 2.75) is 26.7 Å². The molecule has 0 aromatic heterocycles. The fourth-order valence-corrected chi connectivity index (χ4v) is 1.86. The molecule has 0 saturated carbocycles. The largest absolute Gasteiger partial charge is 0.423 e. The van der Waals surface area contributed by atoms with Crippen molar-refractivity contribution in [3.05, 3.63) is 59.2 Å². The lowest BCUT2D eigenvalue weighted by molar-refractivity contribution is 0.0733. The van der Waals surface area contributed by atoms with Gasteiger partial charge in [-0.2, -0.15) is 0 Å². The van der Waals surface area contributed by atoms with E-state index >= 15 is 0 Å². The van der Waals surface area contributed by atoms with Crippen molar-refractivity contribution in [3.8, 4) is 5.75 Å². The van der Waals surface area contributed by atoms with Gasteiger partial charge in [0.2, 0.25) is 0 Å². The fourth-order valence-electron chi connectivity index (χ4n) is 1.86. The van der Waals surface area contributed by atoms with Gasteiger partial charge in [0.05, 0.1) is 5.56 Å². The number of nitrogens with two attached hydrogens (primary N) is 1. The summed E-state index contributed by atoms with van der Waals surface area (Å²) in [7, 11) is 0. The van der Waals surface area contributed by atoms with Gasteiger partial charge < -0.3 is 10.5 Å². The van der Waals surface area contributed by atoms with Crippen molar-refractivity contribution in [2.75, 3.05) is 5.73 Å². The van der Waals surface area contributed by atoms with E-state index in [1.165, 1.54) is 0 Å². The predicted octanol–water partition coefficient (Wildman–Crippen LogP) is 3.92. The Bertz CT molecular complexity index is 615. The minimum absolute atomic E-state index is 0.367. The molecule has 0 aliphatic rings. The van der Waals surface area contributed by atoms with Crippen molar-refractivity contribution in [2.24, 2.45) is 0 Å². The lowest BCUT2D eigenvalue weighted by atomic mass is 10.0. The zero-order chi connectivity index (χ0) is 14.7. The monoisotopic (exact) mass is 269 g/mol. The summed E-state index contributed by atoms with van der Waals surface area (Å²) < 4.78 is 5.48. The molecule has 0 fully saturated rings. The first-order chi connectivity index (χ1) is 9.47. The number of esters is 1. The third-order valence-electron chi connectivity index (χ3n) is 3.23. The minimum Gasteiger partial charge on any atom is -0.423 e. The predicted molar refractivity (Wildman–Crippen MR) is 81.1 cm³/mol. The summed E-state index contributed by atoms with van der Waals surface area (Å²) in [6.45, 7) is 6.14. The maximum atomic E-state index is 12.1. The van der Waals surface area contributed by atoms with Gasteiger partial charge in [-0.25, -0.2) is 4.79 Å². The van der Waals surface area contributed by atoms with E-state index in [0.717, 1.165) is 11.1 Å². The number of hydrogen-bond acceptors (Lipinski definition) is 3. The topological polar surface area (TPSA) is 52.3 Å². The second kappa shape index (κ2) is 5.78. The highest BCUT2D eigenvalue weighted by atomic mass is 16.5. The lowest BCUT2D eigenvalue weighted by Crippen LogP contribution is -2.09. The summed E-state index contributed by atoms with van der Waals surface area (Å²) in [5.41, 5.74) is 8.81. The Hall–Kier alpha value is -2.29. The molecule has 0 spiro atoms. The maximum Gasteiger partial charge on any atom is 0.343 e. The molecule has 104 valence electrons. The maximum absolute atomic E-state index is 12.1. The average Bonchev–Trinajstić information content (AvgIpc) is 2.41. The van der Waals surface area contributed by atoms with Gasteiger partial charge in [0.15, 0.2) is 0 Å². The highest BCUT2D eigenvalue weighted by Crippen LogP contribution is 2.25. The number of nitrogen functional groups attached to an aromatic ring is 1. The molecule has 2 N–H and O–H groups in total. The molecule has 0 bridgehead atoms. The third-order valence-corrected chi connectivity index (χ3v) is 3.23. The molecule has 20 heavy (non-hydrogen) atoms. The van der Waals surface area contributed by atoms with Gasteiger partial charge in [-0.15, -0.1) is 0 Å². The molecular formula is C17H19NO2. The number of hydrogen-bond donors (Lipinski definition) is 1. The molecule has 0 atom stereocenters. The molecule has 0 aliphatic heterocycles. The van der Waals surface area contributed by atoms with Crippen LogP contribution in [0.1, 0.15) is 41.3 Å². The number of aryl methyl sites for hydroxylation is 1. The van der Waals surface area contributed by atoms with Crippen LogP contribution in [-0.2, 0) is 0 Å². The van der Waals surface area contributed by atoms with Crippen molar-refractivity contribution in [3.63, 3.8) is 0 Å². The number of carbonyl (C=O) groups is 1. The Morgan fingerprint density at radius 1 is 1.10 bits per heavy atom. The second-order valence-electron chi connectivity index (χ2n) is 5.19. The Morgan fingerprint density at radius 2 is 1.75 bits per heavy atom. The highest BCUT2D eigenvalue weighted by molar-refractivity contribution is 5.91. The van der Waals surface area contributed by atoms with Gasteiger partial charge in [-0.1, -0.05) is 26.0 Å². The SMILES string of the molecule is Cc1ccc(C(C)C)cc1OC(=O)c1ccc(N)cc1. The van der Waals surface area contributed by atoms with Crippen LogP contribution in [0.4, 0.5) is 5.69 Å². The van der Waals surface area contributed by atoms with Crippen LogP contribution in [0, 0.1) is 6.92 Å².